The Kier molecular flexibility index (Phi) is 6.32. The lowest BCUT2D eigenvalue weighted by Gasteiger charge is -2.29. The van der Waals surface area contributed by atoms with E-state index in [1.54, 1.807) is 0 Å². The van der Waals surface area contributed by atoms with Crippen molar-refractivity contribution in [2.75, 3.05) is 13.7 Å². The lowest BCUT2D eigenvalue weighted by atomic mass is 10.0. The number of para-hydroxylation sites is 1. The van der Waals surface area contributed by atoms with Crippen molar-refractivity contribution in [1.82, 2.24) is 19.5 Å². The van der Waals surface area contributed by atoms with E-state index in [0.29, 0.717) is 6.04 Å². The van der Waals surface area contributed by atoms with Crippen LogP contribution in [-0.4, -0.2) is 39.1 Å². The number of nitrogens with zero attached hydrogens (tertiary/aromatic N) is 3. The summed E-state index contributed by atoms with van der Waals surface area (Å²) in [6.45, 7) is 1.72. The Hall–Kier alpha value is -3.29. The molecule has 0 radical (unpaired) electrons. The first-order chi connectivity index (χ1) is 16.2. The minimum absolute atomic E-state index is 0.338. The molecule has 1 N–H and O–H groups in total. The third kappa shape index (κ3) is 4.74. The number of methoxy groups -OCH3 is 1. The number of hydrogen-bond donors (Lipinski definition) is 1. The Morgan fingerprint density at radius 3 is 3.06 bits per heavy atom. The van der Waals surface area contributed by atoms with Crippen LogP contribution in [0.5, 0.6) is 0 Å². The van der Waals surface area contributed by atoms with E-state index in [1.165, 1.54) is 52.3 Å². The SMILES string of the molecule is COC(=O)C=Cc1ccc2c(c1)CCC2N(CCc1c[nH]c2ccccc12)Cc1csnn1. The monoisotopic (exact) mass is 458 g/mol. The van der Waals surface area contributed by atoms with Crippen molar-refractivity contribution in [3.05, 3.63) is 88.1 Å². The maximum atomic E-state index is 11.4. The lowest BCUT2D eigenvalue weighted by molar-refractivity contribution is -0.134. The number of aromatic amines is 1. The molecule has 0 bridgehead atoms. The van der Waals surface area contributed by atoms with Gasteiger partial charge in [0.2, 0.25) is 0 Å². The van der Waals surface area contributed by atoms with Gasteiger partial charge in [-0.3, -0.25) is 4.90 Å². The number of aryl methyl sites for hydroxylation is 1. The first-order valence-electron chi connectivity index (χ1n) is 11.1. The van der Waals surface area contributed by atoms with Crippen LogP contribution in [0.4, 0.5) is 0 Å². The van der Waals surface area contributed by atoms with Gasteiger partial charge in [0.15, 0.2) is 0 Å². The number of carbonyl (C=O) groups is 1. The van der Waals surface area contributed by atoms with Crippen molar-refractivity contribution in [2.45, 2.75) is 31.8 Å². The van der Waals surface area contributed by atoms with Gasteiger partial charge in [0, 0.05) is 47.7 Å². The van der Waals surface area contributed by atoms with Gasteiger partial charge in [-0.25, -0.2) is 4.79 Å². The number of esters is 1. The molecule has 2 aromatic heterocycles. The second-order valence-corrected chi connectivity index (χ2v) is 8.96. The number of hydrogen-bond acceptors (Lipinski definition) is 6. The number of nitrogens with one attached hydrogen (secondary N) is 1. The fraction of sp³-hybridized carbons (Fsp3) is 0.269. The summed E-state index contributed by atoms with van der Waals surface area (Å²) in [4.78, 5) is 17.4. The summed E-state index contributed by atoms with van der Waals surface area (Å²) in [5, 5.41) is 7.64. The molecule has 1 unspecified atom stereocenters. The third-order valence-corrected chi connectivity index (χ3v) is 6.93. The van der Waals surface area contributed by atoms with Crippen LogP contribution in [0.2, 0.25) is 0 Å². The van der Waals surface area contributed by atoms with E-state index < -0.39 is 0 Å². The fourth-order valence-electron chi connectivity index (χ4n) is 4.74. The van der Waals surface area contributed by atoms with Gasteiger partial charge in [0.25, 0.3) is 0 Å². The summed E-state index contributed by atoms with van der Waals surface area (Å²) in [6, 6.07) is 15.3. The molecule has 1 aliphatic carbocycles. The molecule has 33 heavy (non-hydrogen) atoms. The quantitative estimate of drug-likeness (QED) is 0.299. The zero-order valence-corrected chi connectivity index (χ0v) is 19.3. The summed E-state index contributed by atoms with van der Waals surface area (Å²) in [7, 11) is 1.39. The summed E-state index contributed by atoms with van der Waals surface area (Å²) in [5.41, 5.74) is 7.28. The van der Waals surface area contributed by atoms with Gasteiger partial charge in [-0.2, -0.15) is 0 Å². The molecule has 0 spiro atoms. The third-order valence-electron chi connectivity index (χ3n) is 6.38. The van der Waals surface area contributed by atoms with E-state index in [1.807, 2.05) is 11.5 Å². The predicted molar refractivity (Wildman–Crippen MR) is 131 cm³/mol. The molecule has 0 amide bonds. The number of carbonyl (C=O) groups excluding carboxylic acids is 1. The predicted octanol–water partition coefficient (Wildman–Crippen LogP) is 4.94. The Balaban J connectivity index is 1.37. The number of H-pyrrole nitrogens is 1. The summed E-state index contributed by atoms with van der Waals surface area (Å²) in [5.74, 6) is -0.339. The number of benzene rings is 2. The molecule has 0 saturated carbocycles. The molecule has 2 heterocycles. The number of ether oxygens (including phenoxy) is 1. The van der Waals surface area contributed by atoms with Crippen molar-refractivity contribution in [3.8, 4) is 0 Å². The van der Waals surface area contributed by atoms with Crippen LogP contribution in [0.15, 0.2) is 60.1 Å². The number of fused-ring (bicyclic) bond motifs is 2. The second-order valence-electron chi connectivity index (χ2n) is 8.35. The van der Waals surface area contributed by atoms with E-state index in [-0.39, 0.29) is 5.97 Å². The topological polar surface area (TPSA) is 71.1 Å². The molecular formula is C26H26N4O2S. The molecule has 5 rings (SSSR count). The molecule has 4 aromatic rings. The van der Waals surface area contributed by atoms with Crippen molar-refractivity contribution < 1.29 is 9.53 Å². The summed E-state index contributed by atoms with van der Waals surface area (Å²) >= 11 is 1.40. The Morgan fingerprint density at radius 1 is 1.30 bits per heavy atom. The van der Waals surface area contributed by atoms with Gasteiger partial charge in [-0.1, -0.05) is 40.9 Å². The second kappa shape index (κ2) is 9.68. The zero-order chi connectivity index (χ0) is 22.6. The highest BCUT2D eigenvalue weighted by Gasteiger charge is 2.28. The van der Waals surface area contributed by atoms with Gasteiger partial charge in [-0.05, 0) is 65.2 Å². The van der Waals surface area contributed by atoms with Crippen LogP contribution >= 0.6 is 11.5 Å². The summed E-state index contributed by atoms with van der Waals surface area (Å²) < 4.78 is 8.77. The number of aromatic nitrogens is 3. The maximum Gasteiger partial charge on any atom is 0.330 e. The molecule has 0 aliphatic heterocycles. The highest BCUT2D eigenvalue weighted by molar-refractivity contribution is 7.03. The normalized spacial score (nSPS) is 15.5. The lowest BCUT2D eigenvalue weighted by Crippen LogP contribution is -2.29. The van der Waals surface area contributed by atoms with Crippen LogP contribution in [0.1, 0.15) is 40.4 Å². The standard InChI is InChI=1S/C26H26N4O2S/c1-32-26(31)11-7-18-6-9-23-19(14-18)8-10-25(23)30(16-21-17-33-29-28-21)13-12-20-15-27-24-5-3-2-4-22(20)24/h2-7,9,11,14-15,17,25,27H,8,10,12-13,16H2,1H3. The van der Waals surface area contributed by atoms with Crippen LogP contribution in [0.3, 0.4) is 0 Å². The highest BCUT2D eigenvalue weighted by Crippen LogP contribution is 2.37. The minimum Gasteiger partial charge on any atom is -0.466 e. The van der Waals surface area contributed by atoms with Crippen molar-refractivity contribution in [3.63, 3.8) is 0 Å². The molecule has 2 aromatic carbocycles. The molecule has 6 nitrogen and oxygen atoms in total. The van der Waals surface area contributed by atoms with Crippen LogP contribution in [0.25, 0.3) is 17.0 Å². The molecule has 7 heteroatoms. The van der Waals surface area contributed by atoms with E-state index in [2.05, 4.69) is 68.1 Å². The maximum absolute atomic E-state index is 11.4. The van der Waals surface area contributed by atoms with Gasteiger partial charge in [-0.15, -0.1) is 5.10 Å². The van der Waals surface area contributed by atoms with Gasteiger partial charge in [0.1, 0.15) is 0 Å². The van der Waals surface area contributed by atoms with Gasteiger partial charge < -0.3 is 9.72 Å². The fourth-order valence-corrected chi connectivity index (χ4v) is 5.18. The van der Waals surface area contributed by atoms with Crippen LogP contribution in [0, 0.1) is 0 Å². The molecule has 1 atom stereocenters. The van der Waals surface area contributed by atoms with Crippen LogP contribution in [-0.2, 0) is 28.9 Å². The van der Waals surface area contributed by atoms with Crippen molar-refractivity contribution in [2.24, 2.45) is 0 Å². The minimum atomic E-state index is -0.339. The van der Waals surface area contributed by atoms with E-state index in [9.17, 15) is 4.79 Å². The average molecular weight is 459 g/mol. The van der Waals surface area contributed by atoms with Crippen LogP contribution < -0.4 is 0 Å². The van der Waals surface area contributed by atoms with Crippen molar-refractivity contribution in [1.29, 1.82) is 0 Å². The van der Waals surface area contributed by atoms with E-state index in [4.69, 9.17) is 4.74 Å². The first-order valence-corrected chi connectivity index (χ1v) is 12.0. The molecule has 0 fully saturated rings. The van der Waals surface area contributed by atoms with Crippen molar-refractivity contribution >= 4 is 34.5 Å². The molecule has 1 aliphatic rings. The first kappa shape index (κ1) is 21.6. The average Bonchev–Trinajstić information content (AvgIpc) is 3.60. The summed E-state index contributed by atoms with van der Waals surface area (Å²) in [6.07, 6.45) is 8.49. The van der Waals surface area contributed by atoms with Gasteiger partial charge >= 0.3 is 5.97 Å². The zero-order valence-electron chi connectivity index (χ0n) is 18.5. The number of rotatable bonds is 8. The molecule has 168 valence electrons. The smallest absolute Gasteiger partial charge is 0.330 e. The Bertz CT molecular complexity index is 1280. The largest absolute Gasteiger partial charge is 0.466 e. The Labute approximate surface area is 197 Å². The Morgan fingerprint density at radius 2 is 2.21 bits per heavy atom. The molecule has 0 saturated heterocycles. The van der Waals surface area contributed by atoms with E-state index >= 15 is 0 Å². The van der Waals surface area contributed by atoms with E-state index in [0.717, 1.165) is 43.6 Å². The highest BCUT2D eigenvalue weighted by atomic mass is 32.1. The molecular weight excluding hydrogens is 432 g/mol. The van der Waals surface area contributed by atoms with Gasteiger partial charge in [0.05, 0.1) is 12.8 Å².